The quantitative estimate of drug-likeness (QED) is 0.594. The van der Waals surface area contributed by atoms with Crippen molar-refractivity contribution in [1.82, 2.24) is 0 Å². The first-order valence-electron chi connectivity index (χ1n) is 4.24. The van der Waals surface area contributed by atoms with E-state index in [0.29, 0.717) is 6.42 Å². The normalized spacial score (nSPS) is 29.9. The fourth-order valence-electron chi connectivity index (χ4n) is 2.01. The molecule has 1 rings (SSSR count). The number of hydrogen-bond donors (Lipinski definition) is 0. The first kappa shape index (κ1) is 9.17. The Kier molecular flexibility index (Phi) is 2.46. The summed E-state index contributed by atoms with van der Waals surface area (Å²) in [6, 6.07) is 0. The lowest BCUT2D eigenvalue weighted by Gasteiger charge is -2.25. The van der Waals surface area contributed by atoms with Crippen LogP contribution in [0.2, 0.25) is 0 Å². The van der Waals surface area contributed by atoms with Gasteiger partial charge in [0.1, 0.15) is 5.78 Å². The zero-order valence-corrected chi connectivity index (χ0v) is 7.76. The molecule has 2 atom stereocenters. The Bertz CT molecular complexity index is 251. The molecule has 0 amide bonds. The van der Waals surface area contributed by atoms with E-state index < -0.39 is 0 Å². The van der Waals surface area contributed by atoms with Crippen LogP contribution >= 0.6 is 0 Å². The second kappa shape index (κ2) is 3.21. The highest BCUT2D eigenvalue weighted by molar-refractivity contribution is 5.94. The fourth-order valence-corrected chi connectivity index (χ4v) is 2.01. The van der Waals surface area contributed by atoms with E-state index in [1.165, 1.54) is 0 Å². The smallest absolute Gasteiger partial charge is 0.155 e. The molecule has 0 bridgehead atoms. The third-order valence-electron chi connectivity index (χ3n) is 2.41. The van der Waals surface area contributed by atoms with Gasteiger partial charge >= 0.3 is 0 Å². The van der Waals surface area contributed by atoms with Gasteiger partial charge in [0, 0.05) is 12.3 Å². The Balaban J connectivity index is 2.93. The minimum atomic E-state index is -0.0253. The molecule has 66 valence electrons. The average molecular weight is 166 g/mol. The molecule has 2 nitrogen and oxygen atoms in total. The molecular weight excluding hydrogens is 152 g/mol. The van der Waals surface area contributed by atoms with Crippen molar-refractivity contribution in [2.24, 2.45) is 11.8 Å². The van der Waals surface area contributed by atoms with Crippen LogP contribution in [0.5, 0.6) is 0 Å². The molecule has 0 aliphatic heterocycles. The predicted molar refractivity (Wildman–Crippen MR) is 46.7 cm³/mol. The predicted octanol–water partition coefficient (Wildman–Crippen LogP) is 1.75. The minimum Gasteiger partial charge on any atom is -0.299 e. The molecule has 0 N–H and O–H groups in total. The van der Waals surface area contributed by atoms with Gasteiger partial charge < -0.3 is 0 Å². The van der Waals surface area contributed by atoms with Crippen LogP contribution in [0.25, 0.3) is 0 Å². The van der Waals surface area contributed by atoms with Gasteiger partial charge in [-0.25, -0.2) is 0 Å². The van der Waals surface area contributed by atoms with Crippen LogP contribution in [-0.4, -0.2) is 11.6 Å². The van der Waals surface area contributed by atoms with Gasteiger partial charge in [-0.05, 0) is 25.8 Å². The number of rotatable bonds is 1. The summed E-state index contributed by atoms with van der Waals surface area (Å²) in [7, 11) is 0. The molecule has 0 aromatic rings. The van der Waals surface area contributed by atoms with Crippen molar-refractivity contribution in [3.63, 3.8) is 0 Å². The van der Waals surface area contributed by atoms with E-state index in [0.717, 1.165) is 5.57 Å². The number of hydrogen-bond acceptors (Lipinski definition) is 2. The largest absolute Gasteiger partial charge is 0.299 e. The Hall–Kier alpha value is -0.920. The Morgan fingerprint density at radius 1 is 1.58 bits per heavy atom. The van der Waals surface area contributed by atoms with E-state index in [4.69, 9.17) is 0 Å². The number of ketones is 2. The second-order valence-corrected chi connectivity index (χ2v) is 3.62. The van der Waals surface area contributed by atoms with Gasteiger partial charge in [0.25, 0.3) is 0 Å². The molecule has 1 aliphatic rings. The van der Waals surface area contributed by atoms with E-state index in [9.17, 15) is 9.59 Å². The van der Waals surface area contributed by atoms with Crippen molar-refractivity contribution < 1.29 is 9.59 Å². The highest BCUT2D eigenvalue weighted by Crippen LogP contribution is 2.28. The number of carbonyl (C=O) groups excluding carboxylic acids is 2. The number of Topliss-reactive ketones (excluding diaryl/α,β-unsaturated/α-hetero) is 1. The van der Waals surface area contributed by atoms with E-state index in [1.54, 1.807) is 13.0 Å². The summed E-state index contributed by atoms with van der Waals surface area (Å²) in [5, 5.41) is 0. The third-order valence-corrected chi connectivity index (χ3v) is 2.41. The molecule has 0 aromatic heterocycles. The van der Waals surface area contributed by atoms with Gasteiger partial charge in [-0.2, -0.15) is 0 Å². The van der Waals surface area contributed by atoms with Gasteiger partial charge in [0.05, 0.1) is 0 Å². The maximum Gasteiger partial charge on any atom is 0.155 e. The van der Waals surface area contributed by atoms with Crippen molar-refractivity contribution in [3.05, 3.63) is 11.6 Å². The Morgan fingerprint density at radius 3 is 2.58 bits per heavy atom. The summed E-state index contributed by atoms with van der Waals surface area (Å²) < 4.78 is 0. The molecule has 0 aromatic carbocycles. The zero-order valence-electron chi connectivity index (χ0n) is 7.76. The van der Waals surface area contributed by atoms with Crippen LogP contribution < -0.4 is 0 Å². The molecule has 0 fully saturated rings. The topological polar surface area (TPSA) is 34.1 Å². The summed E-state index contributed by atoms with van der Waals surface area (Å²) in [5.74, 6) is 0.476. The van der Waals surface area contributed by atoms with Crippen LogP contribution in [0, 0.1) is 11.8 Å². The fraction of sp³-hybridized carbons (Fsp3) is 0.600. The molecule has 0 saturated heterocycles. The molecule has 0 radical (unpaired) electrons. The lowest BCUT2D eigenvalue weighted by atomic mass is 9.77. The van der Waals surface area contributed by atoms with Crippen molar-refractivity contribution >= 4 is 11.6 Å². The second-order valence-electron chi connectivity index (χ2n) is 3.62. The maximum absolute atomic E-state index is 11.2. The highest BCUT2D eigenvalue weighted by atomic mass is 16.1. The van der Waals surface area contributed by atoms with Crippen molar-refractivity contribution in [3.8, 4) is 0 Å². The molecule has 0 spiro atoms. The van der Waals surface area contributed by atoms with Crippen LogP contribution in [0.4, 0.5) is 0 Å². The van der Waals surface area contributed by atoms with Crippen LogP contribution in [0.3, 0.4) is 0 Å². The SMILES string of the molecule is CC(=O)[C@@H]1C(C)=CC(=O)C[C@@H]1C. The van der Waals surface area contributed by atoms with E-state index >= 15 is 0 Å². The van der Waals surface area contributed by atoms with E-state index in [2.05, 4.69) is 0 Å². The van der Waals surface area contributed by atoms with Crippen molar-refractivity contribution in [2.45, 2.75) is 27.2 Å². The average Bonchev–Trinajstić information content (AvgIpc) is 1.82. The van der Waals surface area contributed by atoms with Crippen LogP contribution in [0.1, 0.15) is 27.2 Å². The zero-order chi connectivity index (χ0) is 9.30. The number of allylic oxidation sites excluding steroid dienone is 2. The minimum absolute atomic E-state index is 0.0253. The Labute approximate surface area is 72.7 Å². The van der Waals surface area contributed by atoms with Gasteiger partial charge in [0.15, 0.2) is 5.78 Å². The lowest BCUT2D eigenvalue weighted by molar-refractivity contribution is -0.122. The van der Waals surface area contributed by atoms with Crippen LogP contribution in [0.15, 0.2) is 11.6 Å². The highest BCUT2D eigenvalue weighted by Gasteiger charge is 2.28. The van der Waals surface area contributed by atoms with Gasteiger partial charge in [0.2, 0.25) is 0 Å². The van der Waals surface area contributed by atoms with E-state index in [1.807, 2.05) is 13.8 Å². The third kappa shape index (κ3) is 1.63. The molecule has 12 heavy (non-hydrogen) atoms. The van der Waals surface area contributed by atoms with Gasteiger partial charge in [-0.15, -0.1) is 0 Å². The first-order chi connectivity index (χ1) is 5.52. The van der Waals surface area contributed by atoms with Crippen molar-refractivity contribution in [2.75, 3.05) is 0 Å². The van der Waals surface area contributed by atoms with Gasteiger partial charge in [-0.3, -0.25) is 9.59 Å². The summed E-state index contributed by atoms with van der Waals surface area (Å²) in [6.07, 6.45) is 2.12. The standard InChI is InChI=1S/C10H14O2/c1-6-4-9(12)5-7(2)10(6)8(3)11/h4,7,10H,5H2,1-3H3/t7-,10+/m0/s1. The molecule has 2 heteroatoms. The molecule has 0 unspecified atom stereocenters. The lowest BCUT2D eigenvalue weighted by Crippen LogP contribution is -2.27. The molecule has 0 heterocycles. The van der Waals surface area contributed by atoms with Crippen LogP contribution in [-0.2, 0) is 9.59 Å². The first-order valence-corrected chi connectivity index (χ1v) is 4.24. The summed E-state index contributed by atoms with van der Waals surface area (Å²) in [6.45, 7) is 5.41. The Morgan fingerprint density at radius 2 is 2.17 bits per heavy atom. The van der Waals surface area contributed by atoms with Gasteiger partial charge in [-0.1, -0.05) is 12.5 Å². The van der Waals surface area contributed by atoms with Crippen molar-refractivity contribution in [1.29, 1.82) is 0 Å². The maximum atomic E-state index is 11.2. The summed E-state index contributed by atoms with van der Waals surface area (Å²) >= 11 is 0. The summed E-state index contributed by atoms with van der Waals surface area (Å²) in [5.41, 5.74) is 0.922. The summed E-state index contributed by atoms with van der Waals surface area (Å²) in [4.78, 5) is 22.2. The monoisotopic (exact) mass is 166 g/mol. The number of carbonyl (C=O) groups is 2. The molecule has 0 saturated carbocycles. The van der Waals surface area contributed by atoms with E-state index in [-0.39, 0.29) is 23.4 Å². The molecule has 1 aliphatic carbocycles. The molecular formula is C10H14O2.